The van der Waals surface area contributed by atoms with Crippen LogP contribution >= 0.6 is 47.8 Å². The fraction of sp³-hybridized carbons (Fsp3) is 0.0769. The third-order valence-electron chi connectivity index (χ3n) is 2.69. The van der Waals surface area contributed by atoms with Crippen LogP contribution in [0.25, 0.3) is 0 Å². The summed E-state index contributed by atoms with van der Waals surface area (Å²) >= 11 is 9.47. The number of hydrogen-bond acceptors (Lipinski definition) is 3. The molecular formula is C13H8Br3NO2. The summed E-state index contributed by atoms with van der Waals surface area (Å²) in [7, 11) is 1.75. The Hall–Kier alpha value is -0.720. The molecule has 0 radical (unpaired) electrons. The average Bonchev–Trinajstić information content (AvgIpc) is 2.44. The van der Waals surface area contributed by atoms with Crippen LogP contribution in [0.15, 0.2) is 49.5 Å². The van der Waals surface area contributed by atoms with E-state index in [1.165, 1.54) is 0 Å². The van der Waals surface area contributed by atoms with Gasteiger partial charge in [0.05, 0.1) is 13.4 Å². The molecule has 0 spiro atoms. The summed E-state index contributed by atoms with van der Waals surface area (Å²) in [6.45, 7) is 0. The van der Waals surface area contributed by atoms with Gasteiger partial charge in [-0.15, -0.1) is 0 Å². The third-order valence-corrected chi connectivity index (χ3v) is 5.47. The van der Waals surface area contributed by atoms with Crippen LogP contribution in [0.4, 0.5) is 5.69 Å². The molecule has 0 bridgehead atoms. The quantitative estimate of drug-likeness (QED) is 0.643. The Kier molecular flexibility index (Phi) is 4.43. The van der Waals surface area contributed by atoms with Gasteiger partial charge in [-0.05, 0) is 59.9 Å². The summed E-state index contributed by atoms with van der Waals surface area (Å²) in [5.74, 6) is -0.506. The van der Waals surface area contributed by atoms with Gasteiger partial charge in [-0.25, -0.2) is 0 Å². The number of Topliss-reactive ketones (excluding diaryl/α,β-unsaturated/α-hetero) is 2. The molecule has 2 rings (SSSR count). The largest absolute Gasteiger partial charge is 0.340 e. The first kappa shape index (κ1) is 14.7. The van der Waals surface area contributed by atoms with Crippen LogP contribution in [0.1, 0.15) is 0 Å². The molecule has 0 saturated heterocycles. The van der Waals surface area contributed by atoms with Crippen LogP contribution in [0.3, 0.4) is 0 Å². The maximum absolute atomic E-state index is 12.3. The Balaban J connectivity index is 2.50. The van der Waals surface area contributed by atoms with Crippen LogP contribution in [0.2, 0.25) is 0 Å². The summed E-state index contributed by atoms with van der Waals surface area (Å²) in [6.07, 6.45) is 0. The minimum absolute atomic E-state index is 0.231. The first-order valence-corrected chi connectivity index (χ1v) is 7.66. The second kappa shape index (κ2) is 5.73. The third kappa shape index (κ3) is 2.61. The predicted molar refractivity (Wildman–Crippen MR) is 85.7 cm³/mol. The second-order valence-corrected chi connectivity index (χ2v) is 6.22. The van der Waals surface area contributed by atoms with Gasteiger partial charge in [-0.2, -0.15) is 0 Å². The van der Waals surface area contributed by atoms with Gasteiger partial charge in [-0.1, -0.05) is 18.2 Å². The highest BCUT2D eigenvalue weighted by Crippen LogP contribution is 2.36. The minimum Gasteiger partial charge on any atom is -0.340 e. The van der Waals surface area contributed by atoms with Crippen molar-refractivity contribution >= 4 is 65.0 Å². The highest BCUT2D eigenvalue weighted by Gasteiger charge is 2.33. The number of ketones is 2. The lowest BCUT2D eigenvalue weighted by Gasteiger charge is -2.25. The summed E-state index contributed by atoms with van der Waals surface area (Å²) in [6, 6.07) is 9.37. The molecule has 1 aliphatic rings. The molecule has 0 aliphatic heterocycles. The zero-order valence-electron chi connectivity index (χ0n) is 9.78. The van der Waals surface area contributed by atoms with E-state index in [4.69, 9.17) is 0 Å². The monoisotopic (exact) mass is 447 g/mol. The van der Waals surface area contributed by atoms with E-state index < -0.39 is 0 Å². The molecule has 1 aromatic carbocycles. The smallest absolute Gasteiger partial charge is 0.218 e. The first-order valence-electron chi connectivity index (χ1n) is 5.28. The van der Waals surface area contributed by atoms with Crippen LogP contribution in [0, 0.1) is 0 Å². The summed E-state index contributed by atoms with van der Waals surface area (Å²) in [5, 5.41) is 0. The van der Waals surface area contributed by atoms with Crippen LogP contribution in [0.5, 0.6) is 0 Å². The molecule has 1 aromatic rings. The molecule has 0 saturated carbocycles. The standard InChI is InChI=1S/C13H8Br3NO2/c1-17(7-5-3-2-4-6-7)11-10(16)12(18)8(14)9(15)13(11)19/h2-6H,1H3. The topological polar surface area (TPSA) is 37.4 Å². The highest BCUT2D eigenvalue weighted by atomic mass is 79.9. The second-order valence-electron chi connectivity index (χ2n) is 3.84. The van der Waals surface area contributed by atoms with Gasteiger partial charge in [0.1, 0.15) is 5.70 Å². The van der Waals surface area contributed by atoms with E-state index in [0.717, 1.165) is 5.69 Å². The molecule has 98 valence electrons. The first-order chi connectivity index (χ1) is 8.95. The lowest BCUT2D eigenvalue weighted by atomic mass is 10.1. The van der Waals surface area contributed by atoms with Crippen LogP contribution in [-0.4, -0.2) is 18.6 Å². The molecule has 0 heterocycles. The van der Waals surface area contributed by atoms with Gasteiger partial charge < -0.3 is 4.90 Å². The molecule has 0 fully saturated rings. The molecule has 1 aliphatic carbocycles. The molecule has 0 unspecified atom stereocenters. The highest BCUT2D eigenvalue weighted by molar-refractivity contribution is 9.15. The van der Waals surface area contributed by atoms with Crippen LogP contribution < -0.4 is 4.90 Å². The number of likely N-dealkylation sites (N-methyl/N-ethyl adjacent to an activating group) is 1. The molecule has 6 heteroatoms. The molecule has 3 nitrogen and oxygen atoms in total. The number of nitrogens with zero attached hydrogens (tertiary/aromatic N) is 1. The van der Waals surface area contributed by atoms with E-state index in [1.54, 1.807) is 11.9 Å². The summed E-state index contributed by atoms with van der Waals surface area (Å²) in [4.78, 5) is 26.0. The fourth-order valence-electron chi connectivity index (χ4n) is 1.69. The lowest BCUT2D eigenvalue weighted by molar-refractivity contribution is -0.115. The fourth-order valence-corrected chi connectivity index (χ4v) is 3.34. The Morgan fingerprint density at radius 1 is 0.842 bits per heavy atom. The van der Waals surface area contributed by atoms with E-state index in [-0.39, 0.29) is 25.0 Å². The van der Waals surface area contributed by atoms with E-state index in [2.05, 4.69) is 47.8 Å². The van der Waals surface area contributed by atoms with E-state index in [1.807, 2.05) is 30.3 Å². The van der Waals surface area contributed by atoms with Gasteiger partial charge in [0, 0.05) is 12.7 Å². The summed E-state index contributed by atoms with van der Waals surface area (Å²) in [5.41, 5.74) is 1.14. The lowest BCUT2D eigenvalue weighted by Crippen LogP contribution is -2.29. The number of para-hydroxylation sites is 1. The van der Waals surface area contributed by atoms with Crippen molar-refractivity contribution in [3.05, 3.63) is 49.5 Å². The number of carbonyl (C=O) groups is 2. The summed E-state index contributed by atoms with van der Waals surface area (Å²) < 4.78 is 0.715. The van der Waals surface area contributed by atoms with Gasteiger partial charge in [-0.3, -0.25) is 9.59 Å². The Labute approximate surface area is 135 Å². The number of benzene rings is 1. The Bertz CT molecular complexity index is 620. The maximum atomic E-state index is 12.3. The maximum Gasteiger partial charge on any atom is 0.218 e. The van der Waals surface area contributed by atoms with Crippen molar-refractivity contribution in [1.82, 2.24) is 0 Å². The number of anilines is 1. The van der Waals surface area contributed by atoms with Crippen molar-refractivity contribution in [1.29, 1.82) is 0 Å². The molecule has 0 atom stereocenters. The van der Waals surface area contributed by atoms with Crippen molar-refractivity contribution in [3.63, 3.8) is 0 Å². The molecule has 0 N–H and O–H groups in total. The minimum atomic E-state index is -0.260. The van der Waals surface area contributed by atoms with Crippen molar-refractivity contribution in [3.8, 4) is 0 Å². The van der Waals surface area contributed by atoms with Crippen molar-refractivity contribution in [2.75, 3.05) is 11.9 Å². The van der Waals surface area contributed by atoms with Gasteiger partial charge in [0.15, 0.2) is 0 Å². The van der Waals surface area contributed by atoms with E-state index in [0.29, 0.717) is 5.70 Å². The average molecular weight is 450 g/mol. The SMILES string of the molecule is CN(C1=C(Br)C(=O)C(Br)=C(Br)C1=O)c1ccccc1. The molecule has 19 heavy (non-hydrogen) atoms. The normalized spacial score (nSPS) is 16.2. The van der Waals surface area contributed by atoms with Gasteiger partial charge >= 0.3 is 0 Å². The molecule has 0 aromatic heterocycles. The number of halogens is 3. The molecule has 0 amide bonds. The molecular weight excluding hydrogens is 442 g/mol. The number of carbonyl (C=O) groups excluding carboxylic acids is 2. The number of hydrogen-bond donors (Lipinski definition) is 0. The van der Waals surface area contributed by atoms with Crippen molar-refractivity contribution < 1.29 is 9.59 Å². The Morgan fingerprint density at radius 2 is 1.37 bits per heavy atom. The van der Waals surface area contributed by atoms with E-state index >= 15 is 0 Å². The van der Waals surface area contributed by atoms with Crippen molar-refractivity contribution in [2.24, 2.45) is 0 Å². The zero-order chi connectivity index (χ0) is 14.2. The van der Waals surface area contributed by atoms with Gasteiger partial charge in [0.2, 0.25) is 11.6 Å². The number of rotatable bonds is 2. The van der Waals surface area contributed by atoms with E-state index in [9.17, 15) is 9.59 Å². The zero-order valence-corrected chi connectivity index (χ0v) is 14.5. The van der Waals surface area contributed by atoms with Crippen LogP contribution in [-0.2, 0) is 9.59 Å². The Morgan fingerprint density at radius 3 is 1.95 bits per heavy atom. The number of allylic oxidation sites excluding steroid dienone is 3. The predicted octanol–water partition coefficient (Wildman–Crippen LogP) is 3.88. The van der Waals surface area contributed by atoms with Gasteiger partial charge in [0.25, 0.3) is 0 Å². The van der Waals surface area contributed by atoms with Crippen molar-refractivity contribution in [2.45, 2.75) is 0 Å².